The lowest BCUT2D eigenvalue weighted by Gasteiger charge is -2.45. The molecule has 118 valence electrons. The molecule has 3 aromatic rings. The molecule has 0 radical (unpaired) electrons. The van der Waals surface area contributed by atoms with Crippen molar-refractivity contribution in [1.82, 2.24) is 25.0 Å². The molecular weight excluding hydrogens is 302 g/mol. The molecule has 0 aromatic carbocycles. The second-order valence-electron chi connectivity index (χ2n) is 6.37. The SMILES string of the molecule is N#CCC1CC(CC#N)(n2cc(-c3cnnc4[nH]ccc34)cn2)C1. The van der Waals surface area contributed by atoms with Crippen LogP contribution in [0.1, 0.15) is 25.7 Å². The van der Waals surface area contributed by atoms with Gasteiger partial charge in [0.15, 0.2) is 5.65 Å². The highest BCUT2D eigenvalue weighted by Crippen LogP contribution is 2.47. The van der Waals surface area contributed by atoms with Crippen LogP contribution in [0.4, 0.5) is 0 Å². The smallest absolute Gasteiger partial charge is 0.160 e. The van der Waals surface area contributed by atoms with E-state index in [9.17, 15) is 5.26 Å². The summed E-state index contributed by atoms with van der Waals surface area (Å²) in [6, 6.07) is 6.46. The maximum atomic E-state index is 9.20. The van der Waals surface area contributed by atoms with Gasteiger partial charge in [0.2, 0.25) is 0 Å². The number of fused-ring (bicyclic) bond motifs is 1. The fourth-order valence-electron chi connectivity index (χ4n) is 3.67. The second kappa shape index (κ2) is 5.47. The van der Waals surface area contributed by atoms with Gasteiger partial charge in [0, 0.05) is 35.3 Å². The Morgan fingerprint density at radius 1 is 1.29 bits per heavy atom. The number of aromatic amines is 1. The second-order valence-corrected chi connectivity index (χ2v) is 6.37. The molecule has 0 atom stereocenters. The fourth-order valence-corrected chi connectivity index (χ4v) is 3.67. The number of aromatic nitrogens is 5. The Hall–Kier alpha value is -3.19. The lowest BCUT2D eigenvalue weighted by atomic mass is 9.66. The number of H-pyrrole nitrogens is 1. The third-order valence-electron chi connectivity index (χ3n) is 4.86. The van der Waals surface area contributed by atoms with Crippen LogP contribution in [-0.4, -0.2) is 25.0 Å². The summed E-state index contributed by atoms with van der Waals surface area (Å²) in [4.78, 5) is 3.05. The maximum Gasteiger partial charge on any atom is 0.160 e. The van der Waals surface area contributed by atoms with Crippen LogP contribution in [0.25, 0.3) is 22.2 Å². The van der Waals surface area contributed by atoms with Crippen LogP contribution < -0.4 is 0 Å². The van der Waals surface area contributed by atoms with Crippen LogP contribution in [0, 0.1) is 28.6 Å². The van der Waals surface area contributed by atoms with Crippen molar-refractivity contribution in [2.24, 2.45) is 5.92 Å². The number of hydrogen-bond donors (Lipinski definition) is 1. The Morgan fingerprint density at radius 2 is 2.17 bits per heavy atom. The van der Waals surface area contributed by atoms with Crippen molar-refractivity contribution >= 4 is 11.0 Å². The van der Waals surface area contributed by atoms with Crippen LogP contribution in [0.15, 0.2) is 30.9 Å². The summed E-state index contributed by atoms with van der Waals surface area (Å²) >= 11 is 0. The minimum atomic E-state index is -0.285. The molecule has 0 amide bonds. The van der Waals surface area contributed by atoms with Gasteiger partial charge in [0.25, 0.3) is 0 Å². The van der Waals surface area contributed by atoms with E-state index >= 15 is 0 Å². The Kier molecular flexibility index (Phi) is 3.28. The van der Waals surface area contributed by atoms with Gasteiger partial charge in [-0.15, -0.1) is 5.10 Å². The maximum absolute atomic E-state index is 9.20. The normalized spacial score (nSPS) is 22.7. The summed E-state index contributed by atoms with van der Waals surface area (Å²) in [5.41, 5.74) is 2.37. The van der Waals surface area contributed by atoms with Gasteiger partial charge < -0.3 is 4.98 Å². The van der Waals surface area contributed by atoms with Gasteiger partial charge in [-0.25, -0.2) is 0 Å². The average molecular weight is 317 g/mol. The number of rotatable bonds is 4. The molecular formula is C17H15N7. The summed E-state index contributed by atoms with van der Waals surface area (Å²) < 4.78 is 1.90. The highest BCUT2D eigenvalue weighted by atomic mass is 15.3. The van der Waals surface area contributed by atoms with E-state index in [0.29, 0.717) is 18.8 Å². The lowest BCUT2D eigenvalue weighted by molar-refractivity contribution is 0.0599. The van der Waals surface area contributed by atoms with Crippen LogP contribution >= 0.6 is 0 Å². The third-order valence-corrected chi connectivity index (χ3v) is 4.86. The average Bonchev–Trinajstić information content (AvgIpc) is 3.21. The molecule has 7 nitrogen and oxygen atoms in total. The molecule has 3 aromatic heterocycles. The molecule has 3 heterocycles. The number of nitrogens with one attached hydrogen (secondary N) is 1. The van der Waals surface area contributed by atoms with Crippen molar-refractivity contribution in [2.45, 2.75) is 31.2 Å². The van der Waals surface area contributed by atoms with E-state index < -0.39 is 0 Å². The molecule has 0 saturated heterocycles. The third kappa shape index (κ3) is 2.14. The number of hydrogen-bond acceptors (Lipinski definition) is 5. The first-order valence-corrected chi connectivity index (χ1v) is 7.84. The molecule has 0 bridgehead atoms. The Labute approximate surface area is 138 Å². The summed E-state index contributed by atoms with van der Waals surface area (Å²) in [6.45, 7) is 0. The largest absolute Gasteiger partial charge is 0.345 e. The topological polar surface area (TPSA) is 107 Å². The molecule has 4 rings (SSSR count). The lowest BCUT2D eigenvalue weighted by Crippen LogP contribution is -2.46. The summed E-state index contributed by atoms with van der Waals surface area (Å²) in [5, 5.41) is 31.7. The molecule has 1 fully saturated rings. The van der Waals surface area contributed by atoms with E-state index in [0.717, 1.165) is 35.0 Å². The molecule has 7 heteroatoms. The van der Waals surface area contributed by atoms with E-state index in [1.54, 1.807) is 12.4 Å². The standard InChI is InChI=1S/C17H15N7/c18-4-1-12-7-17(8-12,3-5-19)24-11-13(9-22-24)15-10-21-23-16-14(15)2-6-20-16/h2,6,9-12H,1,3,7-8H2,(H,20,23). The van der Waals surface area contributed by atoms with Gasteiger partial charge in [-0.05, 0) is 24.8 Å². The Bertz CT molecular complexity index is 963. The molecule has 1 N–H and O–H groups in total. The minimum Gasteiger partial charge on any atom is -0.345 e. The molecule has 0 unspecified atom stereocenters. The molecule has 0 spiro atoms. The molecule has 1 aliphatic rings. The molecule has 1 aliphatic carbocycles. The predicted molar refractivity (Wildman–Crippen MR) is 86.3 cm³/mol. The number of nitrogens with zero attached hydrogens (tertiary/aromatic N) is 6. The van der Waals surface area contributed by atoms with E-state index in [2.05, 4.69) is 32.4 Å². The first-order chi connectivity index (χ1) is 11.8. The van der Waals surface area contributed by atoms with Gasteiger partial charge in [-0.2, -0.15) is 20.7 Å². The zero-order chi connectivity index (χ0) is 16.6. The van der Waals surface area contributed by atoms with Crippen molar-refractivity contribution in [2.75, 3.05) is 0 Å². The zero-order valence-corrected chi connectivity index (χ0v) is 13.0. The van der Waals surface area contributed by atoms with Crippen molar-refractivity contribution in [3.8, 4) is 23.3 Å². The van der Waals surface area contributed by atoms with Gasteiger partial charge in [-0.3, -0.25) is 4.68 Å². The summed E-state index contributed by atoms with van der Waals surface area (Å²) in [7, 11) is 0. The van der Waals surface area contributed by atoms with Crippen molar-refractivity contribution in [3.05, 3.63) is 30.9 Å². The van der Waals surface area contributed by atoms with Crippen LogP contribution in [0.5, 0.6) is 0 Å². The van der Waals surface area contributed by atoms with Crippen LogP contribution in [-0.2, 0) is 5.54 Å². The molecule has 0 aliphatic heterocycles. The quantitative estimate of drug-likeness (QED) is 0.796. The predicted octanol–water partition coefficient (Wildman–Crippen LogP) is 2.75. The Morgan fingerprint density at radius 3 is 2.96 bits per heavy atom. The number of nitriles is 2. The first-order valence-electron chi connectivity index (χ1n) is 7.84. The fraction of sp³-hybridized carbons (Fsp3) is 0.353. The monoisotopic (exact) mass is 317 g/mol. The molecule has 1 saturated carbocycles. The minimum absolute atomic E-state index is 0.285. The molecule has 24 heavy (non-hydrogen) atoms. The zero-order valence-electron chi connectivity index (χ0n) is 13.0. The van der Waals surface area contributed by atoms with E-state index in [1.165, 1.54) is 0 Å². The summed E-state index contributed by atoms with van der Waals surface area (Å²) in [5.74, 6) is 0.356. The Balaban J connectivity index is 1.69. The summed E-state index contributed by atoms with van der Waals surface area (Å²) in [6.07, 6.45) is 9.94. The van der Waals surface area contributed by atoms with Crippen molar-refractivity contribution in [3.63, 3.8) is 0 Å². The van der Waals surface area contributed by atoms with Gasteiger partial charge >= 0.3 is 0 Å². The first kappa shape index (κ1) is 14.4. The highest BCUT2D eigenvalue weighted by Gasteiger charge is 2.46. The van der Waals surface area contributed by atoms with Gasteiger partial charge in [-0.1, -0.05) is 0 Å². The highest BCUT2D eigenvalue weighted by molar-refractivity contribution is 5.91. The van der Waals surface area contributed by atoms with Crippen LogP contribution in [0.3, 0.4) is 0 Å². The van der Waals surface area contributed by atoms with Crippen molar-refractivity contribution < 1.29 is 0 Å². The van der Waals surface area contributed by atoms with Crippen molar-refractivity contribution in [1.29, 1.82) is 10.5 Å². The van der Waals surface area contributed by atoms with Crippen LogP contribution in [0.2, 0.25) is 0 Å². The van der Waals surface area contributed by atoms with Gasteiger partial charge in [0.05, 0.1) is 36.5 Å². The van der Waals surface area contributed by atoms with E-state index in [-0.39, 0.29) is 5.54 Å². The van der Waals surface area contributed by atoms with Gasteiger partial charge in [0.1, 0.15) is 0 Å². The van der Waals surface area contributed by atoms with E-state index in [1.807, 2.05) is 23.1 Å². The van der Waals surface area contributed by atoms with E-state index in [4.69, 9.17) is 5.26 Å².